The molecule has 0 aromatic heterocycles. The van der Waals surface area contributed by atoms with E-state index in [9.17, 15) is 5.11 Å². The fraction of sp³-hybridized carbons (Fsp3) is 1.00. The molecule has 0 aromatic carbocycles. The zero-order valence-corrected chi connectivity index (χ0v) is 12.4. The SMILES string of the molecule is CN1CC(OCCOC2CC(COC3CC(O)C3)C2)C1. The summed E-state index contributed by atoms with van der Waals surface area (Å²) in [4.78, 5) is 2.25. The van der Waals surface area contributed by atoms with Crippen molar-refractivity contribution in [1.82, 2.24) is 4.90 Å². The van der Waals surface area contributed by atoms with Gasteiger partial charge in [-0.3, -0.25) is 0 Å². The number of aliphatic hydroxyl groups is 1. The Balaban J connectivity index is 1.13. The molecule has 0 unspecified atom stereocenters. The molecule has 2 saturated carbocycles. The Morgan fingerprint density at radius 1 is 0.900 bits per heavy atom. The van der Waals surface area contributed by atoms with Gasteiger partial charge in [0.15, 0.2) is 0 Å². The Labute approximate surface area is 121 Å². The lowest BCUT2D eigenvalue weighted by atomic mass is 9.82. The second-order valence-electron chi connectivity index (χ2n) is 6.62. The molecule has 116 valence electrons. The molecule has 1 heterocycles. The van der Waals surface area contributed by atoms with Crippen LogP contribution in [0.3, 0.4) is 0 Å². The lowest BCUT2D eigenvalue weighted by Crippen LogP contribution is -2.50. The summed E-state index contributed by atoms with van der Waals surface area (Å²) >= 11 is 0. The van der Waals surface area contributed by atoms with Crippen LogP contribution in [-0.2, 0) is 14.2 Å². The number of aliphatic hydroxyl groups excluding tert-OH is 1. The van der Waals surface area contributed by atoms with Gasteiger partial charge in [-0.2, -0.15) is 0 Å². The molecule has 0 spiro atoms. The Kier molecular flexibility index (Phi) is 4.94. The van der Waals surface area contributed by atoms with Gasteiger partial charge in [-0.25, -0.2) is 0 Å². The van der Waals surface area contributed by atoms with Crippen molar-refractivity contribution < 1.29 is 19.3 Å². The van der Waals surface area contributed by atoms with Gasteiger partial charge in [-0.1, -0.05) is 0 Å². The smallest absolute Gasteiger partial charge is 0.0829 e. The summed E-state index contributed by atoms with van der Waals surface area (Å²) in [6, 6.07) is 0. The summed E-state index contributed by atoms with van der Waals surface area (Å²) < 4.78 is 17.2. The van der Waals surface area contributed by atoms with Gasteiger partial charge in [0, 0.05) is 19.7 Å². The van der Waals surface area contributed by atoms with E-state index in [1.807, 2.05) is 0 Å². The molecule has 0 amide bonds. The monoisotopic (exact) mass is 285 g/mol. The Morgan fingerprint density at radius 2 is 1.50 bits per heavy atom. The number of rotatable bonds is 8. The van der Waals surface area contributed by atoms with Crippen LogP contribution in [0.25, 0.3) is 0 Å². The topological polar surface area (TPSA) is 51.2 Å². The first kappa shape index (κ1) is 14.7. The fourth-order valence-corrected chi connectivity index (χ4v) is 3.07. The summed E-state index contributed by atoms with van der Waals surface area (Å²) in [5.74, 6) is 0.652. The van der Waals surface area contributed by atoms with Gasteiger partial charge in [-0.15, -0.1) is 0 Å². The van der Waals surface area contributed by atoms with Crippen molar-refractivity contribution in [1.29, 1.82) is 0 Å². The first-order valence-electron chi connectivity index (χ1n) is 7.90. The zero-order valence-electron chi connectivity index (χ0n) is 12.4. The molecule has 5 heteroatoms. The number of likely N-dealkylation sites (N-methyl/N-ethyl adjacent to an activating group) is 1. The first-order valence-corrected chi connectivity index (χ1v) is 7.90. The van der Waals surface area contributed by atoms with E-state index < -0.39 is 0 Å². The molecule has 1 aliphatic heterocycles. The fourth-order valence-electron chi connectivity index (χ4n) is 3.07. The van der Waals surface area contributed by atoms with E-state index in [1.165, 1.54) is 0 Å². The van der Waals surface area contributed by atoms with E-state index in [0.29, 0.717) is 30.8 Å². The molecule has 2 aliphatic carbocycles. The van der Waals surface area contributed by atoms with Crippen molar-refractivity contribution in [3.63, 3.8) is 0 Å². The number of ether oxygens (including phenoxy) is 3. The second kappa shape index (κ2) is 6.71. The van der Waals surface area contributed by atoms with Crippen molar-refractivity contribution in [3.05, 3.63) is 0 Å². The molecule has 3 rings (SSSR count). The largest absolute Gasteiger partial charge is 0.393 e. The van der Waals surface area contributed by atoms with Crippen molar-refractivity contribution >= 4 is 0 Å². The van der Waals surface area contributed by atoms with E-state index in [0.717, 1.165) is 52.0 Å². The van der Waals surface area contributed by atoms with E-state index in [4.69, 9.17) is 14.2 Å². The van der Waals surface area contributed by atoms with Crippen LogP contribution in [0, 0.1) is 5.92 Å². The Bertz CT molecular complexity index is 293. The van der Waals surface area contributed by atoms with E-state index in [-0.39, 0.29) is 6.10 Å². The van der Waals surface area contributed by atoms with Crippen LogP contribution in [0.2, 0.25) is 0 Å². The van der Waals surface area contributed by atoms with Gasteiger partial charge in [0.05, 0.1) is 37.6 Å². The van der Waals surface area contributed by atoms with Crippen LogP contribution in [-0.4, -0.2) is 74.4 Å². The third kappa shape index (κ3) is 3.92. The third-order valence-corrected chi connectivity index (χ3v) is 4.65. The van der Waals surface area contributed by atoms with Gasteiger partial charge < -0.3 is 24.2 Å². The minimum absolute atomic E-state index is 0.118. The quantitative estimate of drug-likeness (QED) is 0.664. The normalized spacial score (nSPS) is 38.1. The highest BCUT2D eigenvalue weighted by Gasteiger charge is 2.33. The van der Waals surface area contributed by atoms with Crippen LogP contribution in [0.5, 0.6) is 0 Å². The van der Waals surface area contributed by atoms with Crippen LogP contribution in [0.1, 0.15) is 25.7 Å². The maximum absolute atomic E-state index is 9.18. The number of hydrogen-bond donors (Lipinski definition) is 1. The van der Waals surface area contributed by atoms with E-state index >= 15 is 0 Å². The molecular weight excluding hydrogens is 258 g/mol. The molecule has 1 saturated heterocycles. The summed E-state index contributed by atoms with van der Waals surface area (Å²) in [7, 11) is 2.11. The minimum atomic E-state index is -0.118. The molecule has 0 aromatic rings. The number of hydrogen-bond acceptors (Lipinski definition) is 5. The molecule has 3 aliphatic rings. The summed E-state index contributed by atoms with van der Waals surface area (Å²) in [6.45, 7) is 4.38. The van der Waals surface area contributed by atoms with Crippen LogP contribution >= 0.6 is 0 Å². The lowest BCUT2D eigenvalue weighted by molar-refractivity contribution is -0.120. The van der Waals surface area contributed by atoms with Crippen LogP contribution in [0.15, 0.2) is 0 Å². The lowest BCUT2D eigenvalue weighted by Gasteiger charge is -2.38. The summed E-state index contributed by atoms with van der Waals surface area (Å²) in [6.07, 6.45) is 4.88. The Hall–Kier alpha value is -0.200. The standard InChI is InChI=1S/C15H27NO4/c1-16-8-15(9-16)19-3-2-18-13-4-11(5-13)10-20-14-6-12(17)7-14/h11-15,17H,2-10H2,1H3. The molecular formula is C15H27NO4. The van der Waals surface area contributed by atoms with Gasteiger partial charge >= 0.3 is 0 Å². The highest BCUT2D eigenvalue weighted by Crippen LogP contribution is 2.32. The number of likely N-dealkylation sites (tertiary alicyclic amines) is 1. The average molecular weight is 285 g/mol. The van der Waals surface area contributed by atoms with Gasteiger partial charge in [0.2, 0.25) is 0 Å². The Morgan fingerprint density at radius 3 is 2.10 bits per heavy atom. The molecule has 0 radical (unpaired) electrons. The summed E-state index contributed by atoms with van der Waals surface area (Å²) in [5.41, 5.74) is 0. The van der Waals surface area contributed by atoms with Gasteiger partial charge in [0.25, 0.3) is 0 Å². The minimum Gasteiger partial charge on any atom is -0.393 e. The predicted octanol–water partition coefficient (Wildman–Crippen LogP) is 0.652. The zero-order chi connectivity index (χ0) is 13.9. The van der Waals surface area contributed by atoms with Crippen molar-refractivity contribution in [2.45, 2.75) is 50.1 Å². The maximum atomic E-state index is 9.18. The highest BCUT2D eigenvalue weighted by atomic mass is 16.5. The molecule has 3 fully saturated rings. The molecule has 0 atom stereocenters. The molecule has 20 heavy (non-hydrogen) atoms. The molecule has 1 N–H and O–H groups in total. The van der Waals surface area contributed by atoms with Crippen LogP contribution in [0.4, 0.5) is 0 Å². The maximum Gasteiger partial charge on any atom is 0.0829 e. The van der Waals surface area contributed by atoms with E-state index in [2.05, 4.69) is 11.9 Å². The van der Waals surface area contributed by atoms with Crippen molar-refractivity contribution in [3.8, 4) is 0 Å². The summed E-state index contributed by atoms with van der Waals surface area (Å²) in [5, 5.41) is 9.18. The van der Waals surface area contributed by atoms with Gasteiger partial charge in [-0.05, 0) is 38.6 Å². The van der Waals surface area contributed by atoms with E-state index in [1.54, 1.807) is 0 Å². The van der Waals surface area contributed by atoms with Crippen molar-refractivity contribution in [2.75, 3.05) is 40.0 Å². The van der Waals surface area contributed by atoms with Gasteiger partial charge in [0.1, 0.15) is 0 Å². The van der Waals surface area contributed by atoms with Crippen LogP contribution < -0.4 is 0 Å². The number of nitrogens with zero attached hydrogens (tertiary/aromatic N) is 1. The third-order valence-electron chi connectivity index (χ3n) is 4.65. The molecule has 0 bridgehead atoms. The second-order valence-corrected chi connectivity index (χ2v) is 6.62. The molecule has 5 nitrogen and oxygen atoms in total. The highest BCUT2D eigenvalue weighted by molar-refractivity contribution is 4.83. The van der Waals surface area contributed by atoms with Crippen molar-refractivity contribution in [2.24, 2.45) is 5.92 Å². The average Bonchev–Trinajstić information content (AvgIpc) is 2.30. The predicted molar refractivity (Wildman–Crippen MR) is 74.7 cm³/mol. The first-order chi connectivity index (χ1) is 9.69.